The van der Waals surface area contributed by atoms with Crippen molar-refractivity contribution in [2.75, 3.05) is 5.88 Å². The first-order valence-corrected chi connectivity index (χ1v) is 5.58. The molecule has 14 heavy (non-hydrogen) atoms. The Morgan fingerprint density at radius 3 is 2.64 bits per heavy atom. The lowest BCUT2D eigenvalue weighted by molar-refractivity contribution is -0.147. The summed E-state index contributed by atoms with van der Waals surface area (Å²) in [7, 11) is 0. The third kappa shape index (κ3) is 8.11. The fourth-order valence-corrected chi connectivity index (χ4v) is 1.45. The highest BCUT2D eigenvalue weighted by Gasteiger charge is 2.10. The van der Waals surface area contributed by atoms with Crippen molar-refractivity contribution < 1.29 is 9.53 Å². The lowest BCUT2D eigenvalue weighted by Gasteiger charge is -2.15. The maximum atomic E-state index is 10.8. The molecule has 0 spiro atoms. The minimum absolute atomic E-state index is 0.0335. The van der Waals surface area contributed by atoms with Crippen molar-refractivity contribution in [2.24, 2.45) is 0 Å². The molecule has 0 fully saturated rings. The van der Waals surface area contributed by atoms with E-state index in [0.29, 0.717) is 5.88 Å². The molecule has 0 N–H and O–H groups in total. The first-order chi connectivity index (χ1) is 6.70. The first-order valence-electron chi connectivity index (χ1n) is 5.04. The molecule has 1 atom stereocenters. The number of carbonyl (C=O) groups excluding carboxylic acids is 1. The van der Waals surface area contributed by atoms with Crippen LogP contribution in [-0.4, -0.2) is 18.0 Å². The molecule has 0 amide bonds. The Bertz CT molecular complexity index is 169. The highest BCUT2D eigenvalue weighted by Crippen LogP contribution is 2.12. The summed E-state index contributed by atoms with van der Waals surface area (Å²) in [6, 6.07) is 0. The van der Waals surface area contributed by atoms with Gasteiger partial charge in [-0.1, -0.05) is 6.08 Å². The normalized spacial score (nSPS) is 12.1. The zero-order valence-electron chi connectivity index (χ0n) is 8.80. The van der Waals surface area contributed by atoms with E-state index in [4.69, 9.17) is 16.3 Å². The van der Waals surface area contributed by atoms with Crippen molar-refractivity contribution in [2.45, 2.75) is 45.1 Å². The van der Waals surface area contributed by atoms with Crippen molar-refractivity contribution in [3.8, 4) is 0 Å². The van der Waals surface area contributed by atoms with Crippen molar-refractivity contribution in [3.63, 3.8) is 0 Å². The van der Waals surface area contributed by atoms with E-state index in [9.17, 15) is 4.79 Å². The average molecular weight is 219 g/mol. The van der Waals surface area contributed by atoms with E-state index in [0.717, 1.165) is 32.1 Å². The summed E-state index contributed by atoms with van der Waals surface area (Å²) in [4.78, 5) is 10.8. The predicted octanol–water partition coefficient (Wildman–Crippen LogP) is 3.29. The van der Waals surface area contributed by atoms with Gasteiger partial charge in [0.25, 0.3) is 0 Å². The minimum Gasteiger partial charge on any atom is -0.463 e. The SMILES string of the molecule is C=CCCC[C@@H](CCCCl)OC(C)=O. The number of hydrogen-bond donors (Lipinski definition) is 0. The lowest BCUT2D eigenvalue weighted by Crippen LogP contribution is -2.16. The van der Waals surface area contributed by atoms with Crippen LogP contribution in [0.25, 0.3) is 0 Å². The second kappa shape index (κ2) is 9.07. The lowest BCUT2D eigenvalue weighted by atomic mass is 10.1. The molecule has 0 aromatic heterocycles. The molecule has 2 nitrogen and oxygen atoms in total. The van der Waals surface area contributed by atoms with Crippen molar-refractivity contribution >= 4 is 17.6 Å². The van der Waals surface area contributed by atoms with E-state index in [1.807, 2.05) is 6.08 Å². The molecule has 0 rings (SSSR count). The molecule has 0 aromatic carbocycles. The maximum absolute atomic E-state index is 10.8. The number of rotatable bonds is 8. The van der Waals surface area contributed by atoms with Crippen LogP contribution in [0.15, 0.2) is 12.7 Å². The van der Waals surface area contributed by atoms with E-state index < -0.39 is 0 Å². The molecule has 82 valence electrons. The molecule has 0 unspecified atom stereocenters. The third-order valence-electron chi connectivity index (χ3n) is 1.93. The van der Waals surface area contributed by atoms with E-state index in [1.54, 1.807) is 0 Å². The number of carbonyl (C=O) groups is 1. The van der Waals surface area contributed by atoms with E-state index >= 15 is 0 Å². The van der Waals surface area contributed by atoms with Crippen molar-refractivity contribution in [3.05, 3.63) is 12.7 Å². The molecule has 0 saturated heterocycles. The van der Waals surface area contributed by atoms with Gasteiger partial charge in [-0.15, -0.1) is 18.2 Å². The van der Waals surface area contributed by atoms with Gasteiger partial charge in [0.1, 0.15) is 6.10 Å². The third-order valence-corrected chi connectivity index (χ3v) is 2.19. The quantitative estimate of drug-likeness (QED) is 0.271. The van der Waals surface area contributed by atoms with Gasteiger partial charge in [0.05, 0.1) is 0 Å². The van der Waals surface area contributed by atoms with Crippen molar-refractivity contribution in [1.29, 1.82) is 0 Å². The molecule has 0 aromatic rings. The van der Waals surface area contributed by atoms with Gasteiger partial charge in [0, 0.05) is 12.8 Å². The summed E-state index contributed by atoms with van der Waals surface area (Å²) >= 11 is 5.59. The second-order valence-corrected chi connectivity index (χ2v) is 3.66. The van der Waals surface area contributed by atoms with Gasteiger partial charge >= 0.3 is 5.97 Å². The zero-order valence-corrected chi connectivity index (χ0v) is 9.55. The van der Waals surface area contributed by atoms with Gasteiger partial charge in [0.2, 0.25) is 0 Å². The van der Waals surface area contributed by atoms with Crippen LogP contribution in [0, 0.1) is 0 Å². The van der Waals surface area contributed by atoms with Crippen LogP contribution < -0.4 is 0 Å². The zero-order chi connectivity index (χ0) is 10.8. The largest absolute Gasteiger partial charge is 0.463 e. The Morgan fingerprint density at radius 1 is 1.50 bits per heavy atom. The van der Waals surface area contributed by atoms with Crippen LogP contribution in [-0.2, 0) is 9.53 Å². The van der Waals surface area contributed by atoms with Crippen LogP contribution in [0.1, 0.15) is 39.0 Å². The molecular formula is C11H19ClO2. The van der Waals surface area contributed by atoms with E-state index in [-0.39, 0.29) is 12.1 Å². The van der Waals surface area contributed by atoms with Crippen LogP contribution in [0.3, 0.4) is 0 Å². The van der Waals surface area contributed by atoms with Gasteiger partial charge in [-0.05, 0) is 32.1 Å². The number of esters is 1. The van der Waals surface area contributed by atoms with Gasteiger partial charge in [-0.3, -0.25) is 4.79 Å². The van der Waals surface area contributed by atoms with Crippen LogP contribution in [0.4, 0.5) is 0 Å². The first kappa shape index (κ1) is 13.5. The summed E-state index contributed by atoms with van der Waals surface area (Å²) in [6.07, 6.45) is 6.57. The highest BCUT2D eigenvalue weighted by molar-refractivity contribution is 6.17. The Hall–Kier alpha value is -0.500. The van der Waals surface area contributed by atoms with Crippen molar-refractivity contribution in [1.82, 2.24) is 0 Å². The summed E-state index contributed by atoms with van der Waals surface area (Å²) in [5.41, 5.74) is 0. The summed E-state index contributed by atoms with van der Waals surface area (Å²) in [5, 5.41) is 0. The van der Waals surface area contributed by atoms with E-state index in [1.165, 1.54) is 6.92 Å². The van der Waals surface area contributed by atoms with Gasteiger partial charge < -0.3 is 4.74 Å². The number of ether oxygens (including phenoxy) is 1. The Balaban J connectivity index is 3.71. The summed E-state index contributed by atoms with van der Waals surface area (Å²) in [5.74, 6) is 0.419. The molecule has 3 heteroatoms. The fraction of sp³-hybridized carbons (Fsp3) is 0.727. The number of unbranched alkanes of at least 4 members (excludes halogenated alkanes) is 1. The molecule has 0 aliphatic heterocycles. The number of allylic oxidation sites excluding steroid dienone is 1. The fourth-order valence-electron chi connectivity index (χ4n) is 1.29. The van der Waals surface area contributed by atoms with Crippen LogP contribution in [0.2, 0.25) is 0 Å². The molecular weight excluding hydrogens is 200 g/mol. The predicted molar refractivity (Wildman–Crippen MR) is 59.6 cm³/mol. The molecule has 0 radical (unpaired) electrons. The number of halogens is 1. The van der Waals surface area contributed by atoms with E-state index in [2.05, 4.69) is 6.58 Å². The van der Waals surface area contributed by atoms with Crippen LogP contribution >= 0.6 is 11.6 Å². The molecule has 0 aliphatic carbocycles. The standard InChI is InChI=1S/C11H19ClO2/c1-3-4-5-7-11(8-6-9-12)14-10(2)13/h3,11H,1,4-9H2,2H3/t11-/m0/s1. The minimum atomic E-state index is -0.205. The van der Waals surface area contributed by atoms with Gasteiger partial charge in [-0.25, -0.2) is 0 Å². The van der Waals surface area contributed by atoms with Gasteiger partial charge in [0.15, 0.2) is 0 Å². The van der Waals surface area contributed by atoms with Gasteiger partial charge in [-0.2, -0.15) is 0 Å². The average Bonchev–Trinajstić information content (AvgIpc) is 2.13. The summed E-state index contributed by atoms with van der Waals surface area (Å²) in [6.45, 7) is 5.10. The molecule has 0 aliphatic rings. The second-order valence-electron chi connectivity index (χ2n) is 3.28. The number of hydrogen-bond acceptors (Lipinski definition) is 2. The highest BCUT2D eigenvalue weighted by atomic mass is 35.5. The smallest absolute Gasteiger partial charge is 0.302 e. The molecule has 0 bridgehead atoms. The number of alkyl halides is 1. The molecule has 0 saturated carbocycles. The monoisotopic (exact) mass is 218 g/mol. The van der Waals surface area contributed by atoms with Crippen LogP contribution in [0.5, 0.6) is 0 Å². The maximum Gasteiger partial charge on any atom is 0.302 e. The topological polar surface area (TPSA) is 26.3 Å². The summed E-state index contributed by atoms with van der Waals surface area (Å²) < 4.78 is 5.17. The molecule has 0 heterocycles. The Labute approximate surface area is 91.3 Å². The Kier molecular flexibility index (Phi) is 8.75. The Morgan fingerprint density at radius 2 is 2.14 bits per heavy atom.